The molecule has 30 heavy (non-hydrogen) atoms. The molecule has 0 spiro atoms. The van der Waals surface area contributed by atoms with Crippen molar-refractivity contribution in [1.82, 2.24) is 9.88 Å². The third-order valence-corrected chi connectivity index (χ3v) is 6.87. The highest BCUT2D eigenvalue weighted by atomic mass is 32.1. The molecule has 1 atom stereocenters. The molecule has 0 radical (unpaired) electrons. The summed E-state index contributed by atoms with van der Waals surface area (Å²) in [5, 5.41) is 0. The Labute approximate surface area is 180 Å². The van der Waals surface area contributed by atoms with Crippen molar-refractivity contribution in [1.29, 1.82) is 0 Å². The molecule has 1 unspecified atom stereocenters. The number of pyridine rings is 1. The maximum atomic E-state index is 13.5. The minimum Gasteiger partial charge on any atom is -0.486 e. The standard InChI is InChI=1S/C24H24N2O3S/c27-24(26-13-3-1-2-4-19(26)17-9-11-25-12-10-17)23-8-7-22(30-23)18-5-6-20-21(16-18)29-15-14-28-20/h5-12,16,19H,1-4,13-15H2. The van der Waals surface area contributed by atoms with Gasteiger partial charge in [0.15, 0.2) is 11.5 Å². The maximum Gasteiger partial charge on any atom is 0.264 e. The van der Waals surface area contributed by atoms with Crippen LogP contribution in [0.25, 0.3) is 10.4 Å². The molecule has 4 heterocycles. The zero-order valence-electron chi connectivity index (χ0n) is 16.8. The fourth-order valence-corrected chi connectivity index (χ4v) is 5.19. The molecule has 5 rings (SSSR count). The number of benzene rings is 1. The molecule has 1 amide bonds. The van der Waals surface area contributed by atoms with Crippen molar-refractivity contribution >= 4 is 17.2 Å². The summed E-state index contributed by atoms with van der Waals surface area (Å²) in [5.74, 6) is 1.67. The zero-order chi connectivity index (χ0) is 20.3. The molecule has 0 bridgehead atoms. The van der Waals surface area contributed by atoms with Crippen LogP contribution in [0.5, 0.6) is 11.5 Å². The van der Waals surface area contributed by atoms with Gasteiger partial charge in [0, 0.05) is 23.8 Å². The first-order valence-corrected chi connectivity index (χ1v) is 11.3. The van der Waals surface area contributed by atoms with Crippen LogP contribution < -0.4 is 9.47 Å². The van der Waals surface area contributed by atoms with Gasteiger partial charge in [-0.3, -0.25) is 9.78 Å². The summed E-state index contributed by atoms with van der Waals surface area (Å²) >= 11 is 1.54. The van der Waals surface area contributed by atoms with Gasteiger partial charge in [0.25, 0.3) is 5.91 Å². The number of carbonyl (C=O) groups excluding carboxylic acids is 1. The SMILES string of the molecule is O=C(c1ccc(-c2ccc3c(c2)OCCO3)s1)N1CCCCCC1c1ccncc1. The van der Waals surface area contributed by atoms with Crippen LogP contribution in [0.3, 0.4) is 0 Å². The minimum atomic E-state index is 0.114. The average Bonchev–Trinajstić information content (AvgIpc) is 3.17. The molecule has 0 aliphatic carbocycles. The number of aromatic nitrogens is 1. The average molecular weight is 421 g/mol. The van der Waals surface area contributed by atoms with Gasteiger partial charge >= 0.3 is 0 Å². The minimum absolute atomic E-state index is 0.114. The number of nitrogens with zero attached hydrogens (tertiary/aromatic N) is 2. The molecule has 1 saturated heterocycles. The topological polar surface area (TPSA) is 51.7 Å². The van der Waals surface area contributed by atoms with Gasteiger partial charge in [0.1, 0.15) is 13.2 Å². The van der Waals surface area contributed by atoms with Crippen molar-refractivity contribution in [3.05, 3.63) is 65.3 Å². The van der Waals surface area contributed by atoms with Gasteiger partial charge in [-0.2, -0.15) is 0 Å². The third-order valence-electron chi connectivity index (χ3n) is 5.75. The first-order valence-electron chi connectivity index (χ1n) is 10.5. The van der Waals surface area contributed by atoms with Crippen LogP contribution in [0.15, 0.2) is 54.9 Å². The fraction of sp³-hybridized carbons (Fsp3) is 0.333. The van der Waals surface area contributed by atoms with Crippen molar-refractivity contribution in [2.75, 3.05) is 19.8 Å². The van der Waals surface area contributed by atoms with E-state index in [2.05, 4.69) is 9.88 Å². The zero-order valence-corrected chi connectivity index (χ0v) is 17.6. The Morgan fingerprint density at radius 3 is 2.67 bits per heavy atom. The van der Waals surface area contributed by atoms with Gasteiger partial charge in [0.05, 0.1) is 10.9 Å². The highest BCUT2D eigenvalue weighted by molar-refractivity contribution is 7.17. The Morgan fingerprint density at radius 1 is 0.967 bits per heavy atom. The van der Waals surface area contributed by atoms with Gasteiger partial charge in [0.2, 0.25) is 0 Å². The summed E-state index contributed by atoms with van der Waals surface area (Å²) in [6.45, 7) is 1.94. The normalized spacial score (nSPS) is 18.7. The van der Waals surface area contributed by atoms with Gasteiger partial charge in [-0.25, -0.2) is 0 Å². The van der Waals surface area contributed by atoms with E-state index in [9.17, 15) is 4.79 Å². The van der Waals surface area contributed by atoms with E-state index in [1.54, 1.807) is 11.3 Å². The van der Waals surface area contributed by atoms with E-state index < -0.39 is 0 Å². The van der Waals surface area contributed by atoms with Crippen molar-refractivity contribution in [3.63, 3.8) is 0 Å². The number of rotatable bonds is 3. The van der Waals surface area contributed by atoms with E-state index in [4.69, 9.17) is 9.47 Å². The molecule has 2 aromatic heterocycles. The Morgan fingerprint density at radius 2 is 1.80 bits per heavy atom. The second-order valence-corrected chi connectivity index (χ2v) is 8.75. The van der Waals surface area contributed by atoms with Crippen molar-refractivity contribution in [2.45, 2.75) is 31.7 Å². The number of fused-ring (bicyclic) bond motifs is 1. The summed E-state index contributed by atoms with van der Waals surface area (Å²) in [6, 6.07) is 14.1. The van der Waals surface area contributed by atoms with Crippen LogP contribution in [0.1, 0.15) is 47.0 Å². The summed E-state index contributed by atoms with van der Waals surface area (Å²) in [4.78, 5) is 21.5. The largest absolute Gasteiger partial charge is 0.486 e. The van der Waals surface area contributed by atoms with Gasteiger partial charge in [-0.15, -0.1) is 11.3 Å². The lowest BCUT2D eigenvalue weighted by molar-refractivity contribution is 0.0686. The highest BCUT2D eigenvalue weighted by Gasteiger charge is 2.28. The summed E-state index contributed by atoms with van der Waals surface area (Å²) in [6.07, 6.45) is 7.98. The molecule has 1 aromatic carbocycles. The predicted octanol–water partition coefficient (Wildman–Crippen LogP) is 5.34. The number of thiophene rings is 1. The van der Waals surface area contributed by atoms with Crippen molar-refractivity contribution in [3.8, 4) is 21.9 Å². The highest BCUT2D eigenvalue weighted by Crippen LogP contribution is 2.38. The predicted molar refractivity (Wildman–Crippen MR) is 117 cm³/mol. The van der Waals surface area contributed by atoms with Gasteiger partial charge in [-0.1, -0.05) is 12.8 Å². The van der Waals surface area contributed by atoms with Crippen LogP contribution in [-0.4, -0.2) is 35.5 Å². The third kappa shape index (κ3) is 3.79. The van der Waals surface area contributed by atoms with Crippen LogP contribution in [0, 0.1) is 0 Å². The lowest BCUT2D eigenvalue weighted by Crippen LogP contribution is -2.34. The second-order valence-electron chi connectivity index (χ2n) is 7.67. The van der Waals surface area contributed by atoms with E-state index in [0.29, 0.717) is 13.2 Å². The van der Waals surface area contributed by atoms with Gasteiger partial charge < -0.3 is 14.4 Å². The molecular formula is C24H24N2O3S. The summed E-state index contributed by atoms with van der Waals surface area (Å²) < 4.78 is 11.3. The van der Waals surface area contributed by atoms with E-state index in [1.165, 1.54) is 5.56 Å². The van der Waals surface area contributed by atoms with E-state index in [0.717, 1.165) is 59.0 Å². The number of hydrogen-bond acceptors (Lipinski definition) is 5. The number of amides is 1. The number of hydrogen-bond donors (Lipinski definition) is 0. The molecule has 154 valence electrons. The molecule has 5 nitrogen and oxygen atoms in total. The monoisotopic (exact) mass is 420 g/mol. The van der Waals surface area contributed by atoms with Crippen LogP contribution in [-0.2, 0) is 0 Å². The molecule has 2 aliphatic rings. The van der Waals surface area contributed by atoms with Crippen molar-refractivity contribution in [2.24, 2.45) is 0 Å². The molecule has 6 heteroatoms. The molecule has 3 aromatic rings. The molecule has 1 fully saturated rings. The van der Waals surface area contributed by atoms with Gasteiger partial charge in [-0.05, 0) is 66.4 Å². The first-order chi connectivity index (χ1) is 14.8. The maximum absolute atomic E-state index is 13.5. The Kier molecular flexibility index (Phi) is 5.41. The van der Waals surface area contributed by atoms with E-state index in [-0.39, 0.29) is 11.9 Å². The van der Waals surface area contributed by atoms with Crippen molar-refractivity contribution < 1.29 is 14.3 Å². The van der Waals surface area contributed by atoms with Crippen LogP contribution >= 0.6 is 11.3 Å². The lowest BCUT2D eigenvalue weighted by atomic mass is 10.0. The molecule has 0 saturated carbocycles. The quantitative estimate of drug-likeness (QED) is 0.574. The Hall–Kier alpha value is -2.86. The van der Waals surface area contributed by atoms with E-state index in [1.807, 2.05) is 54.9 Å². The summed E-state index contributed by atoms with van der Waals surface area (Å²) in [7, 11) is 0. The van der Waals surface area contributed by atoms with E-state index >= 15 is 0 Å². The summed E-state index contributed by atoms with van der Waals surface area (Å²) in [5.41, 5.74) is 2.22. The number of ether oxygens (including phenoxy) is 2. The molecule has 0 N–H and O–H groups in total. The Balaban J connectivity index is 1.41. The lowest BCUT2D eigenvalue weighted by Gasteiger charge is -2.30. The Bertz CT molecular complexity index is 1030. The molecule has 2 aliphatic heterocycles. The van der Waals surface area contributed by atoms with Crippen LogP contribution in [0.2, 0.25) is 0 Å². The number of likely N-dealkylation sites (tertiary alicyclic amines) is 1. The smallest absolute Gasteiger partial charge is 0.264 e. The number of carbonyl (C=O) groups is 1. The fourth-order valence-electron chi connectivity index (χ4n) is 4.23. The molecular weight excluding hydrogens is 396 g/mol. The van der Waals surface area contributed by atoms with Crippen LogP contribution in [0.4, 0.5) is 0 Å². The first kappa shape index (κ1) is 19.1. The second kappa shape index (κ2) is 8.48.